The van der Waals surface area contributed by atoms with Gasteiger partial charge in [-0.25, -0.2) is 9.37 Å². The highest BCUT2D eigenvalue weighted by atomic mass is 19.1. The average Bonchev–Trinajstić information content (AvgIpc) is 2.85. The SMILES string of the molecule is Cc1nc2cc(CNC(=O)COc3cccc(F)c3)ccc2n1C. The summed E-state index contributed by atoms with van der Waals surface area (Å²) in [5.41, 5.74) is 2.91. The normalized spacial score (nSPS) is 10.8. The van der Waals surface area contributed by atoms with Gasteiger partial charge in [0.2, 0.25) is 0 Å². The number of aryl methyl sites for hydroxylation is 2. The van der Waals surface area contributed by atoms with Gasteiger partial charge in [0.15, 0.2) is 6.61 Å². The summed E-state index contributed by atoms with van der Waals surface area (Å²) >= 11 is 0. The van der Waals surface area contributed by atoms with Crippen LogP contribution in [-0.4, -0.2) is 22.1 Å². The number of hydrogen-bond donors (Lipinski definition) is 1. The van der Waals surface area contributed by atoms with Crippen LogP contribution in [0, 0.1) is 12.7 Å². The highest BCUT2D eigenvalue weighted by Gasteiger charge is 2.07. The van der Waals surface area contributed by atoms with Gasteiger partial charge in [-0.1, -0.05) is 12.1 Å². The summed E-state index contributed by atoms with van der Waals surface area (Å²) in [5, 5.41) is 2.78. The first-order chi connectivity index (χ1) is 11.5. The van der Waals surface area contributed by atoms with Gasteiger partial charge in [0.1, 0.15) is 17.4 Å². The van der Waals surface area contributed by atoms with Crippen molar-refractivity contribution in [3.63, 3.8) is 0 Å². The largest absolute Gasteiger partial charge is 0.484 e. The van der Waals surface area contributed by atoms with Crippen molar-refractivity contribution in [2.75, 3.05) is 6.61 Å². The maximum Gasteiger partial charge on any atom is 0.258 e. The Hall–Kier alpha value is -2.89. The molecule has 0 saturated heterocycles. The van der Waals surface area contributed by atoms with Crippen LogP contribution >= 0.6 is 0 Å². The van der Waals surface area contributed by atoms with Crippen LogP contribution in [0.15, 0.2) is 42.5 Å². The molecule has 3 aromatic rings. The third-order valence-electron chi connectivity index (χ3n) is 3.82. The van der Waals surface area contributed by atoms with Crippen molar-refractivity contribution in [3.05, 3.63) is 59.7 Å². The number of imidazole rings is 1. The Bertz CT molecular complexity index is 889. The quantitative estimate of drug-likeness (QED) is 0.784. The van der Waals surface area contributed by atoms with Crippen molar-refractivity contribution in [2.24, 2.45) is 7.05 Å². The molecule has 0 aliphatic carbocycles. The Morgan fingerprint density at radius 1 is 1.29 bits per heavy atom. The molecule has 5 nitrogen and oxygen atoms in total. The molecule has 24 heavy (non-hydrogen) atoms. The van der Waals surface area contributed by atoms with E-state index in [2.05, 4.69) is 10.3 Å². The molecule has 0 atom stereocenters. The molecule has 0 aliphatic heterocycles. The summed E-state index contributed by atoms with van der Waals surface area (Å²) in [6, 6.07) is 11.6. The number of carbonyl (C=O) groups is 1. The molecular weight excluding hydrogens is 309 g/mol. The van der Waals surface area contributed by atoms with E-state index in [9.17, 15) is 9.18 Å². The lowest BCUT2D eigenvalue weighted by atomic mass is 10.2. The number of halogens is 1. The van der Waals surface area contributed by atoms with Gasteiger partial charge < -0.3 is 14.6 Å². The number of amides is 1. The fourth-order valence-electron chi connectivity index (χ4n) is 2.43. The third kappa shape index (κ3) is 3.53. The minimum absolute atomic E-state index is 0.158. The van der Waals surface area contributed by atoms with Gasteiger partial charge in [-0.3, -0.25) is 4.79 Å². The molecule has 1 aromatic heterocycles. The van der Waals surface area contributed by atoms with E-state index in [1.807, 2.05) is 36.7 Å². The summed E-state index contributed by atoms with van der Waals surface area (Å²) in [6.07, 6.45) is 0. The fraction of sp³-hybridized carbons (Fsp3) is 0.222. The summed E-state index contributed by atoms with van der Waals surface area (Å²) < 4.78 is 20.3. The van der Waals surface area contributed by atoms with Gasteiger partial charge in [-0.2, -0.15) is 0 Å². The van der Waals surface area contributed by atoms with Crippen molar-refractivity contribution >= 4 is 16.9 Å². The van der Waals surface area contributed by atoms with Crippen molar-refractivity contribution in [3.8, 4) is 5.75 Å². The summed E-state index contributed by atoms with van der Waals surface area (Å²) in [5.74, 6) is 0.605. The Balaban J connectivity index is 1.56. The zero-order chi connectivity index (χ0) is 17.1. The molecule has 124 valence electrons. The van der Waals surface area contributed by atoms with Gasteiger partial charge in [0.05, 0.1) is 11.0 Å². The van der Waals surface area contributed by atoms with E-state index in [1.54, 1.807) is 6.07 Å². The van der Waals surface area contributed by atoms with E-state index in [0.717, 1.165) is 22.4 Å². The molecule has 0 saturated carbocycles. The molecule has 0 radical (unpaired) electrons. The first kappa shape index (κ1) is 16.0. The van der Waals surface area contributed by atoms with Crippen molar-refractivity contribution < 1.29 is 13.9 Å². The molecule has 3 rings (SSSR count). The van der Waals surface area contributed by atoms with E-state index < -0.39 is 5.82 Å². The summed E-state index contributed by atoms with van der Waals surface area (Å²) in [4.78, 5) is 16.3. The molecule has 0 unspecified atom stereocenters. The smallest absolute Gasteiger partial charge is 0.258 e. The van der Waals surface area contributed by atoms with Crippen LogP contribution in [-0.2, 0) is 18.4 Å². The van der Waals surface area contributed by atoms with Crippen LogP contribution < -0.4 is 10.1 Å². The van der Waals surface area contributed by atoms with Crippen molar-refractivity contribution in [1.82, 2.24) is 14.9 Å². The predicted octanol–water partition coefficient (Wildman–Crippen LogP) is 2.72. The van der Waals surface area contributed by atoms with Crippen LogP contribution in [0.5, 0.6) is 5.75 Å². The topological polar surface area (TPSA) is 56.1 Å². The first-order valence-electron chi connectivity index (χ1n) is 7.60. The molecule has 0 fully saturated rings. The number of rotatable bonds is 5. The van der Waals surface area contributed by atoms with E-state index in [4.69, 9.17) is 4.74 Å². The molecule has 1 N–H and O–H groups in total. The Labute approximate surface area is 139 Å². The molecule has 0 spiro atoms. The second kappa shape index (κ2) is 6.70. The van der Waals surface area contributed by atoms with Crippen molar-refractivity contribution in [2.45, 2.75) is 13.5 Å². The fourth-order valence-corrected chi connectivity index (χ4v) is 2.43. The highest BCUT2D eigenvalue weighted by Crippen LogP contribution is 2.16. The minimum Gasteiger partial charge on any atom is -0.484 e. The number of ether oxygens (including phenoxy) is 1. The van der Waals surface area contributed by atoms with Crippen LogP contribution in [0.1, 0.15) is 11.4 Å². The number of hydrogen-bond acceptors (Lipinski definition) is 3. The Morgan fingerprint density at radius 3 is 2.92 bits per heavy atom. The zero-order valence-electron chi connectivity index (χ0n) is 13.5. The highest BCUT2D eigenvalue weighted by molar-refractivity contribution is 5.79. The summed E-state index contributed by atoms with van der Waals surface area (Å²) in [7, 11) is 1.97. The molecular formula is C18H18FN3O2. The monoisotopic (exact) mass is 327 g/mol. The average molecular weight is 327 g/mol. The number of carbonyl (C=O) groups excluding carboxylic acids is 1. The lowest BCUT2D eigenvalue weighted by Gasteiger charge is -2.08. The second-order valence-electron chi connectivity index (χ2n) is 5.56. The third-order valence-corrected chi connectivity index (χ3v) is 3.82. The minimum atomic E-state index is -0.396. The zero-order valence-corrected chi connectivity index (χ0v) is 13.5. The first-order valence-corrected chi connectivity index (χ1v) is 7.60. The van der Waals surface area contributed by atoms with Gasteiger partial charge in [0, 0.05) is 19.7 Å². The standard InChI is InChI=1S/C18H18FN3O2/c1-12-21-16-8-13(6-7-17(16)22(12)2)10-20-18(23)11-24-15-5-3-4-14(19)9-15/h3-9H,10-11H2,1-2H3,(H,20,23). The van der Waals surface area contributed by atoms with Gasteiger partial charge in [0.25, 0.3) is 5.91 Å². The number of benzene rings is 2. The number of fused-ring (bicyclic) bond motifs is 1. The lowest BCUT2D eigenvalue weighted by molar-refractivity contribution is -0.123. The number of nitrogens with one attached hydrogen (secondary N) is 1. The lowest BCUT2D eigenvalue weighted by Crippen LogP contribution is -2.28. The number of aromatic nitrogens is 2. The molecule has 0 aliphatic rings. The van der Waals surface area contributed by atoms with E-state index in [1.165, 1.54) is 18.2 Å². The maximum absolute atomic E-state index is 13.0. The second-order valence-corrected chi connectivity index (χ2v) is 5.56. The molecule has 1 heterocycles. The van der Waals surface area contributed by atoms with E-state index in [0.29, 0.717) is 12.3 Å². The van der Waals surface area contributed by atoms with Gasteiger partial charge in [-0.05, 0) is 36.8 Å². The number of nitrogens with zero attached hydrogens (tertiary/aromatic N) is 2. The van der Waals surface area contributed by atoms with E-state index >= 15 is 0 Å². The summed E-state index contributed by atoms with van der Waals surface area (Å²) in [6.45, 7) is 2.18. The van der Waals surface area contributed by atoms with Crippen LogP contribution in [0.4, 0.5) is 4.39 Å². The Kier molecular flexibility index (Phi) is 4.46. The Morgan fingerprint density at radius 2 is 2.12 bits per heavy atom. The van der Waals surface area contributed by atoms with E-state index in [-0.39, 0.29) is 12.5 Å². The maximum atomic E-state index is 13.0. The molecule has 2 aromatic carbocycles. The van der Waals surface area contributed by atoms with Crippen LogP contribution in [0.2, 0.25) is 0 Å². The van der Waals surface area contributed by atoms with Crippen LogP contribution in [0.25, 0.3) is 11.0 Å². The molecule has 0 bridgehead atoms. The van der Waals surface area contributed by atoms with Crippen LogP contribution in [0.3, 0.4) is 0 Å². The van der Waals surface area contributed by atoms with Gasteiger partial charge >= 0.3 is 0 Å². The van der Waals surface area contributed by atoms with Crippen molar-refractivity contribution in [1.29, 1.82) is 0 Å². The predicted molar refractivity (Wildman–Crippen MR) is 89.2 cm³/mol. The molecule has 1 amide bonds. The van der Waals surface area contributed by atoms with Gasteiger partial charge in [-0.15, -0.1) is 0 Å². The molecule has 6 heteroatoms.